The highest BCUT2D eigenvalue weighted by Crippen LogP contribution is 2.36. The van der Waals surface area contributed by atoms with Crippen molar-refractivity contribution in [1.82, 2.24) is 9.97 Å². The van der Waals surface area contributed by atoms with Crippen LogP contribution in [0.1, 0.15) is 5.01 Å². The molecule has 8 heteroatoms. The molecule has 0 unspecified atom stereocenters. The van der Waals surface area contributed by atoms with Gasteiger partial charge in [0.05, 0.1) is 25.4 Å². The van der Waals surface area contributed by atoms with Crippen molar-refractivity contribution in [2.75, 3.05) is 11.9 Å². The van der Waals surface area contributed by atoms with Gasteiger partial charge in [0, 0.05) is 0 Å². The molecule has 6 nitrogen and oxygen atoms in total. The number of anilines is 1. The molecule has 1 atom stereocenters. The molecular weight excluding hydrogens is 370 g/mol. The van der Waals surface area contributed by atoms with Crippen molar-refractivity contribution < 1.29 is 14.3 Å². The zero-order chi connectivity index (χ0) is 17.7. The quantitative estimate of drug-likeness (QED) is 0.566. The number of fused-ring (bicyclic) bond motifs is 4. The summed E-state index contributed by atoms with van der Waals surface area (Å²) in [4.78, 5) is 21.6. The minimum absolute atomic E-state index is 0.173. The molecule has 26 heavy (non-hydrogen) atoms. The van der Waals surface area contributed by atoms with Gasteiger partial charge in [-0.1, -0.05) is 23.5 Å². The highest BCUT2D eigenvalue weighted by Gasteiger charge is 2.28. The van der Waals surface area contributed by atoms with Crippen LogP contribution in [0.5, 0.6) is 11.5 Å². The summed E-state index contributed by atoms with van der Waals surface area (Å²) in [6, 6.07) is 11.2. The number of hydrogen-bond acceptors (Lipinski definition) is 7. The Morgan fingerprint density at radius 3 is 2.65 bits per heavy atom. The van der Waals surface area contributed by atoms with Gasteiger partial charge in [0.15, 0.2) is 16.6 Å². The number of aryl methyl sites for hydroxylation is 1. The molecule has 0 aliphatic carbocycles. The summed E-state index contributed by atoms with van der Waals surface area (Å²) >= 11 is 3.09. The zero-order valence-electron chi connectivity index (χ0n) is 13.7. The molecule has 0 saturated carbocycles. The van der Waals surface area contributed by atoms with Crippen LogP contribution in [0.3, 0.4) is 0 Å². The smallest absolute Gasteiger partial charge is 0.270 e. The van der Waals surface area contributed by atoms with Crippen LogP contribution in [0.25, 0.3) is 20.4 Å². The van der Waals surface area contributed by atoms with E-state index in [0.717, 1.165) is 25.4 Å². The Labute approximate surface area is 156 Å². The Morgan fingerprint density at radius 2 is 1.81 bits per heavy atom. The summed E-state index contributed by atoms with van der Waals surface area (Å²) in [6.07, 6.45) is -0.706. The maximum Gasteiger partial charge on any atom is 0.270 e. The lowest BCUT2D eigenvalue weighted by Gasteiger charge is -2.25. The van der Waals surface area contributed by atoms with Crippen molar-refractivity contribution in [3.05, 3.63) is 41.4 Å². The molecule has 1 aliphatic rings. The highest BCUT2D eigenvalue weighted by atomic mass is 32.1. The van der Waals surface area contributed by atoms with Gasteiger partial charge in [-0.25, -0.2) is 9.97 Å². The Hall–Kier alpha value is -2.71. The maximum atomic E-state index is 12.6. The summed E-state index contributed by atoms with van der Waals surface area (Å²) in [5, 5.41) is 4.41. The van der Waals surface area contributed by atoms with Gasteiger partial charge >= 0.3 is 0 Å². The molecule has 0 spiro atoms. The van der Waals surface area contributed by atoms with Gasteiger partial charge < -0.3 is 9.47 Å². The van der Waals surface area contributed by atoms with Crippen LogP contribution in [0.4, 0.5) is 5.13 Å². The van der Waals surface area contributed by atoms with Gasteiger partial charge in [-0.15, -0.1) is 11.3 Å². The fraction of sp³-hybridized carbons (Fsp3) is 0.167. The van der Waals surface area contributed by atoms with Crippen molar-refractivity contribution in [2.24, 2.45) is 0 Å². The van der Waals surface area contributed by atoms with Crippen molar-refractivity contribution in [3.8, 4) is 11.5 Å². The second kappa shape index (κ2) is 5.93. The van der Waals surface area contributed by atoms with E-state index < -0.39 is 6.10 Å². The van der Waals surface area contributed by atoms with Gasteiger partial charge in [-0.3, -0.25) is 10.1 Å². The van der Waals surface area contributed by atoms with E-state index in [1.807, 2.05) is 37.3 Å². The number of carbonyl (C=O) groups excluding carboxylic acids is 1. The number of hydrogen-bond donors (Lipinski definition) is 1. The SMILES string of the molecule is Cc1nc2ccc3nc(NC(=O)[C@@H]4COc5ccccc5O4)sc3c2s1. The summed E-state index contributed by atoms with van der Waals surface area (Å²) < 4.78 is 13.5. The first kappa shape index (κ1) is 15.5. The lowest BCUT2D eigenvalue weighted by Crippen LogP contribution is -2.40. The number of amides is 1. The second-order valence-corrected chi connectivity index (χ2v) is 8.07. The van der Waals surface area contributed by atoms with E-state index in [4.69, 9.17) is 9.47 Å². The third-order valence-corrected chi connectivity index (χ3v) is 6.19. The molecule has 5 rings (SSSR count). The van der Waals surface area contributed by atoms with Crippen molar-refractivity contribution >= 4 is 54.1 Å². The molecule has 0 bridgehead atoms. The van der Waals surface area contributed by atoms with Gasteiger partial charge in [0.25, 0.3) is 5.91 Å². The molecule has 130 valence electrons. The van der Waals surface area contributed by atoms with Crippen molar-refractivity contribution in [3.63, 3.8) is 0 Å². The van der Waals surface area contributed by atoms with E-state index in [1.54, 1.807) is 17.4 Å². The third kappa shape index (κ3) is 2.58. The summed E-state index contributed by atoms with van der Waals surface area (Å²) in [5.41, 5.74) is 1.81. The minimum atomic E-state index is -0.706. The first-order valence-corrected chi connectivity index (χ1v) is 9.67. The van der Waals surface area contributed by atoms with Crippen LogP contribution >= 0.6 is 22.7 Å². The van der Waals surface area contributed by atoms with Crippen LogP contribution in [-0.2, 0) is 4.79 Å². The van der Waals surface area contributed by atoms with Gasteiger partial charge in [-0.2, -0.15) is 0 Å². The topological polar surface area (TPSA) is 73.3 Å². The summed E-state index contributed by atoms with van der Waals surface area (Å²) in [5.74, 6) is 0.958. The lowest BCUT2D eigenvalue weighted by atomic mass is 10.2. The molecule has 3 heterocycles. The first-order valence-electron chi connectivity index (χ1n) is 8.03. The number of rotatable bonds is 2. The maximum absolute atomic E-state index is 12.6. The Bertz CT molecular complexity index is 1150. The normalized spacial score (nSPS) is 16.1. The largest absolute Gasteiger partial charge is 0.485 e. The zero-order valence-corrected chi connectivity index (χ0v) is 15.3. The number of nitrogens with one attached hydrogen (secondary N) is 1. The van der Waals surface area contributed by atoms with E-state index in [9.17, 15) is 4.79 Å². The number of carbonyl (C=O) groups is 1. The number of nitrogens with zero attached hydrogens (tertiary/aromatic N) is 2. The monoisotopic (exact) mass is 383 g/mol. The van der Waals surface area contributed by atoms with Gasteiger partial charge in [0.2, 0.25) is 6.10 Å². The number of benzene rings is 2. The first-order chi connectivity index (χ1) is 12.7. The molecule has 0 saturated heterocycles. The van der Waals surface area contributed by atoms with Crippen LogP contribution in [0, 0.1) is 6.92 Å². The lowest BCUT2D eigenvalue weighted by molar-refractivity contribution is -0.125. The molecule has 1 N–H and O–H groups in total. The van der Waals surface area contributed by atoms with E-state index in [1.165, 1.54) is 11.3 Å². The molecule has 2 aromatic heterocycles. The fourth-order valence-corrected chi connectivity index (χ4v) is 4.88. The average Bonchev–Trinajstić information content (AvgIpc) is 3.23. The summed E-state index contributed by atoms with van der Waals surface area (Å²) in [6.45, 7) is 2.16. The number of thiazole rings is 2. The predicted molar refractivity (Wildman–Crippen MR) is 103 cm³/mol. The van der Waals surface area contributed by atoms with Crippen molar-refractivity contribution in [2.45, 2.75) is 13.0 Å². The third-order valence-electron chi connectivity index (χ3n) is 4.05. The molecule has 1 amide bonds. The molecule has 0 fully saturated rings. The molecule has 1 aliphatic heterocycles. The van der Waals surface area contributed by atoms with Crippen LogP contribution < -0.4 is 14.8 Å². The van der Waals surface area contributed by atoms with E-state index in [-0.39, 0.29) is 12.5 Å². The van der Waals surface area contributed by atoms with E-state index >= 15 is 0 Å². The number of para-hydroxylation sites is 2. The highest BCUT2D eigenvalue weighted by molar-refractivity contribution is 7.28. The Kier molecular flexibility index (Phi) is 3.54. The van der Waals surface area contributed by atoms with Crippen molar-refractivity contribution in [1.29, 1.82) is 0 Å². The van der Waals surface area contributed by atoms with Crippen LogP contribution in [-0.4, -0.2) is 28.6 Å². The summed E-state index contributed by atoms with van der Waals surface area (Å²) in [7, 11) is 0. The molecular formula is C18H13N3O3S2. The fourth-order valence-electron chi connectivity index (χ4n) is 2.87. The van der Waals surface area contributed by atoms with E-state index in [2.05, 4.69) is 15.3 Å². The standard InChI is InChI=1S/C18H13N3O3S2/c1-9-19-10-6-7-11-16(15(10)25-9)26-18(20-11)21-17(22)14-8-23-12-4-2-3-5-13(12)24-14/h2-7,14H,8H2,1H3,(H,20,21,22)/t14-/m0/s1. The minimum Gasteiger partial charge on any atom is -0.485 e. The second-order valence-electron chi connectivity index (χ2n) is 5.87. The van der Waals surface area contributed by atoms with Crippen LogP contribution in [0.15, 0.2) is 36.4 Å². The predicted octanol–water partition coefficient (Wildman–Crippen LogP) is 3.99. The number of aromatic nitrogens is 2. The average molecular weight is 383 g/mol. The molecule has 0 radical (unpaired) electrons. The van der Waals surface area contributed by atoms with Gasteiger partial charge in [-0.05, 0) is 31.2 Å². The number of ether oxygens (including phenoxy) is 2. The van der Waals surface area contributed by atoms with Crippen LogP contribution in [0.2, 0.25) is 0 Å². The van der Waals surface area contributed by atoms with Gasteiger partial charge in [0.1, 0.15) is 6.61 Å². The molecule has 2 aromatic carbocycles. The molecule has 4 aromatic rings. The van der Waals surface area contributed by atoms with E-state index in [0.29, 0.717) is 16.6 Å². The Morgan fingerprint density at radius 1 is 1.08 bits per heavy atom. The Balaban J connectivity index is 1.41.